The van der Waals surface area contributed by atoms with Crippen molar-refractivity contribution in [1.29, 1.82) is 0 Å². The van der Waals surface area contributed by atoms with Gasteiger partial charge >= 0.3 is 0 Å². The Morgan fingerprint density at radius 1 is 1.23 bits per heavy atom. The first-order valence-corrected chi connectivity index (χ1v) is 11.8. The van der Waals surface area contributed by atoms with Crippen LogP contribution in [-0.2, 0) is 11.3 Å². The molecule has 2 aromatic carbocycles. The number of rotatable bonds is 8. The number of nitrogens with zero attached hydrogens (tertiary/aromatic N) is 2. The van der Waals surface area contributed by atoms with E-state index < -0.39 is 11.6 Å². The summed E-state index contributed by atoms with van der Waals surface area (Å²) in [5, 5.41) is 16.0. The average Bonchev–Trinajstić information content (AvgIpc) is 2.83. The number of thioether (sulfide) groups is 1. The number of ether oxygens (including phenoxy) is 2. The highest BCUT2D eigenvalue weighted by molar-refractivity contribution is 7.99. The van der Waals surface area contributed by atoms with E-state index in [9.17, 15) is 13.9 Å². The molecule has 1 saturated heterocycles. The number of hydrogen-bond acceptors (Lipinski definition) is 8. The van der Waals surface area contributed by atoms with E-state index in [1.165, 1.54) is 37.3 Å². The van der Waals surface area contributed by atoms with Crippen molar-refractivity contribution in [1.82, 2.24) is 9.97 Å². The van der Waals surface area contributed by atoms with Crippen molar-refractivity contribution >= 4 is 35.0 Å². The predicted octanol–water partition coefficient (Wildman–Crippen LogP) is 4.28. The Morgan fingerprint density at radius 3 is 2.66 bits per heavy atom. The van der Waals surface area contributed by atoms with Crippen LogP contribution in [0.1, 0.15) is 16.7 Å². The molecule has 0 unspecified atom stereocenters. The maximum absolute atomic E-state index is 15.0. The van der Waals surface area contributed by atoms with Crippen molar-refractivity contribution in [2.24, 2.45) is 0 Å². The van der Waals surface area contributed by atoms with Crippen LogP contribution < -0.4 is 15.4 Å². The van der Waals surface area contributed by atoms with E-state index in [2.05, 4.69) is 32.4 Å². The first-order chi connectivity index (χ1) is 17.0. The summed E-state index contributed by atoms with van der Waals surface area (Å²) in [6.45, 7) is 0.963. The van der Waals surface area contributed by atoms with Crippen LogP contribution in [0.4, 0.5) is 20.4 Å². The Bertz CT molecular complexity index is 1260. The van der Waals surface area contributed by atoms with Crippen molar-refractivity contribution in [3.05, 3.63) is 70.0 Å². The molecule has 0 spiro atoms. The number of hydrogen-bond donors (Lipinski definition) is 3. The van der Waals surface area contributed by atoms with Gasteiger partial charge in [-0.3, -0.25) is 0 Å². The van der Waals surface area contributed by atoms with Crippen LogP contribution in [0.15, 0.2) is 41.6 Å². The van der Waals surface area contributed by atoms with Gasteiger partial charge in [-0.25, -0.2) is 18.7 Å². The number of aromatic nitrogens is 2. The van der Waals surface area contributed by atoms with Crippen LogP contribution >= 0.6 is 23.4 Å². The molecule has 3 aromatic rings. The van der Waals surface area contributed by atoms with Gasteiger partial charge in [0, 0.05) is 23.0 Å². The van der Waals surface area contributed by atoms with Crippen LogP contribution in [0, 0.1) is 23.5 Å². The van der Waals surface area contributed by atoms with E-state index in [-0.39, 0.29) is 29.8 Å². The summed E-state index contributed by atoms with van der Waals surface area (Å²) < 4.78 is 39.8. The molecule has 7 nitrogen and oxygen atoms in total. The Balaban J connectivity index is 1.45. The Kier molecular flexibility index (Phi) is 8.25. The highest BCUT2D eigenvalue weighted by Crippen LogP contribution is 2.36. The fraction of sp³-hybridized carbons (Fsp3) is 0.250. The molecule has 35 heavy (non-hydrogen) atoms. The first-order valence-electron chi connectivity index (χ1n) is 10.5. The van der Waals surface area contributed by atoms with Crippen LogP contribution in [0.3, 0.4) is 0 Å². The van der Waals surface area contributed by atoms with Crippen molar-refractivity contribution in [3.63, 3.8) is 0 Å². The van der Waals surface area contributed by atoms with Crippen LogP contribution in [0.5, 0.6) is 5.75 Å². The van der Waals surface area contributed by atoms with Crippen LogP contribution in [-0.4, -0.2) is 47.3 Å². The lowest BCUT2D eigenvalue weighted by molar-refractivity contribution is 0.0208. The summed E-state index contributed by atoms with van der Waals surface area (Å²) in [6.07, 6.45) is 2.96. The molecule has 1 fully saturated rings. The van der Waals surface area contributed by atoms with Crippen molar-refractivity contribution in [2.45, 2.75) is 17.5 Å². The zero-order chi connectivity index (χ0) is 24.8. The van der Waals surface area contributed by atoms with Crippen molar-refractivity contribution in [2.75, 3.05) is 36.8 Å². The number of benzene rings is 2. The second kappa shape index (κ2) is 11.6. The lowest BCUT2D eigenvalue weighted by Crippen LogP contribution is -2.40. The van der Waals surface area contributed by atoms with Gasteiger partial charge in [-0.05, 0) is 24.3 Å². The molecule has 3 N–H and O–H groups in total. The van der Waals surface area contributed by atoms with Crippen LogP contribution in [0.2, 0.25) is 5.02 Å². The van der Waals surface area contributed by atoms with E-state index >= 15 is 0 Å². The molecule has 1 aliphatic rings. The summed E-state index contributed by atoms with van der Waals surface area (Å²) in [7, 11) is 1.49. The van der Waals surface area contributed by atoms with Crippen molar-refractivity contribution in [3.8, 4) is 17.6 Å². The minimum Gasteiger partial charge on any atom is -0.495 e. The Labute approximate surface area is 210 Å². The minimum absolute atomic E-state index is 0.0880. The molecule has 0 atom stereocenters. The third-order valence-electron chi connectivity index (χ3n) is 5.01. The smallest absolute Gasteiger partial charge is 0.223 e. The maximum Gasteiger partial charge on any atom is 0.223 e. The number of aliphatic hydroxyl groups excluding tert-OH is 1. The zero-order valence-corrected chi connectivity index (χ0v) is 20.1. The van der Waals surface area contributed by atoms with E-state index in [0.717, 1.165) is 6.07 Å². The first kappa shape index (κ1) is 25.0. The van der Waals surface area contributed by atoms with E-state index in [1.807, 2.05) is 0 Å². The summed E-state index contributed by atoms with van der Waals surface area (Å²) in [4.78, 5) is 8.99. The second-order valence-corrected chi connectivity index (χ2v) is 8.88. The monoisotopic (exact) mass is 518 g/mol. The maximum atomic E-state index is 15.0. The lowest BCUT2D eigenvalue weighted by atomic mass is 10.1. The molecular weight excluding hydrogens is 498 g/mol. The summed E-state index contributed by atoms with van der Waals surface area (Å²) >= 11 is 7.40. The normalized spacial score (nSPS) is 12.9. The van der Waals surface area contributed by atoms with E-state index in [4.69, 9.17) is 21.1 Å². The number of aliphatic hydroxyl groups is 1. The number of nitrogens with one attached hydrogen (secondary N) is 2. The molecule has 0 amide bonds. The third-order valence-corrected chi connectivity index (χ3v) is 6.13. The molecule has 0 radical (unpaired) electrons. The quantitative estimate of drug-likeness (QED) is 0.231. The van der Waals surface area contributed by atoms with E-state index in [1.54, 1.807) is 12.1 Å². The van der Waals surface area contributed by atoms with Gasteiger partial charge in [-0.1, -0.05) is 23.4 Å². The molecule has 1 aliphatic heterocycles. The highest BCUT2D eigenvalue weighted by Gasteiger charge is 2.18. The average molecular weight is 519 g/mol. The molecular formula is C24H21ClF2N4O3S. The van der Waals surface area contributed by atoms with E-state index in [0.29, 0.717) is 46.0 Å². The van der Waals surface area contributed by atoms with Gasteiger partial charge in [0.15, 0.2) is 5.82 Å². The predicted molar refractivity (Wildman–Crippen MR) is 131 cm³/mol. The number of methoxy groups -OCH3 is 1. The summed E-state index contributed by atoms with van der Waals surface area (Å²) in [5.41, 5.74) is 0.681. The van der Waals surface area contributed by atoms with Crippen molar-refractivity contribution < 1.29 is 23.4 Å². The Morgan fingerprint density at radius 2 is 2.00 bits per heavy atom. The van der Waals surface area contributed by atoms with Gasteiger partial charge < -0.3 is 25.2 Å². The molecule has 0 saturated carbocycles. The molecule has 0 bridgehead atoms. The SMILES string of the molecule is COc1c(CO)cc(Cl)cc1SCNc1ccc(F)c(C#Cc2cnc(NC3COC3)nc2)c1F. The van der Waals surface area contributed by atoms with Gasteiger partial charge in [-0.2, -0.15) is 0 Å². The van der Waals surface area contributed by atoms with Gasteiger partial charge in [0.2, 0.25) is 5.95 Å². The van der Waals surface area contributed by atoms with Crippen LogP contribution in [0.25, 0.3) is 0 Å². The standard InChI is InChI=1S/C24H21ClF2N4O3S/c1-33-23-15(10-32)6-16(25)7-21(23)35-13-30-20-5-4-19(26)18(22(20)27)3-2-14-8-28-24(29-9-14)31-17-11-34-12-17/h4-9,17,30,32H,10-13H2,1H3,(H,28,29,31). The summed E-state index contributed by atoms with van der Waals surface area (Å²) in [5.74, 6) is 4.80. The zero-order valence-electron chi connectivity index (χ0n) is 18.6. The molecule has 11 heteroatoms. The molecule has 182 valence electrons. The number of halogens is 3. The minimum atomic E-state index is -0.809. The van der Waals surface area contributed by atoms with Gasteiger partial charge in [0.1, 0.15) is 11.6 Å². The topological polar surface area (TPSA) is 88.5 Å². The molecule has 4 rings (SSSR count). The fourth-order valence-corrected chi connectivity index (χ4v) is 4.42. The van der Waals surface area contributed by atoms with Gasteiger partial charge in [0.05, 0.1) is 60.6 Å². The lowest BCUT2D eigenvalue weighted by Gasteiger charge is -2.26. The Hall–Kier alpha value is -3.10. The van der Waals surface area contributed by atoms with Gasteiger partial charge in [-0.15, -0.1) is 11.8 Å². The fourth-order valence-electron chi connectivity index (χ4n) is 3.18. The third kappa shape index (κ3) is 6.13. The molecule has 2 heterocycles. The second-order valence-electron chi connectivity index (χ2n) is 7.43. The number of anilines is 2. The highest BCUT2D eigenvalue weighted by atomic mass is 35.5. The molecule has 1 aromatic heterocycles. The molecule has 0 aliphatic carbocycles. The largest absolute Gasteiger partial charge is 0.495 e. The summed E-state index contributed by atoms with van der Waals surface area (Å²) in [6, 6.07) is 5.93. The van der Waals surface area contributed by atoms with Gasteiger partial charge in [0.25, 0.3) is 0 Å².